The van der Waals surface area contributed by atoms with Gasteiger partial charge in [0.1, 0.15) is 5.82 Å². The summed E-state index contributed by atoms with van der Waals surface area (Å²) in [6.45, 7) is 4.14. The summed E-state index contributed by atoms with van der Waals surface area (Å²) in [7, 11) is 0. The van der Waals surface area contributed by atoms with Crippen molar-refractivity contribution in [3.63, 3.8) is 0 Å². The highest BCUT2D eigenvalue weighted by atomic mass is 16.4. The Bertz CT molecular complexity index is 771. The maximum Gasteiger partial charge on any atom is 0.347 e. The van der Waals surface area contributed by atoms with Crippen LogP contribution in [0.25, 0.3) is 5.69 Å². The molecular formula is C15H19N5O3. The molecule has 0 spiro atoms. The number of carboxylic acids is 1. The minimum Gasteiger partial charge on any atom is -0.478 e. The summed E-state index contributed by atoms with van der Waals surface area (Å²) in [5.41, 5.74) is 6.61. The molecule has 1 aromatic heterocycles. The van der Waals surface area contributed by atoms with E-state index in [9.17, 15) is 9.59 Å². The second kappa shape index (κ2) is 5.98. The van der Waals surface area contributed by atoms with Gasteiger partial charge in [-0.2, -0.15) is 5.10 Å². The van der Waals surface area contributed by atoms with Gasteiger partial charge in [-0.15, -0.1) is 0 Å². The molecule has 4 N–H and O–H groups in total. The molecule has 122 valence electrons. The molecule has 0 radical (unpaired) electrons. The van der Waals surface area contributed by atoms with Crippen molar-refractivity contribution in [1.82, 2.24) is 25.6 Å². The molecule has 8 nitrogen and oxygen atoms in total. The lowest BCUT2D eigenvalue weighted by molar-refractivity contribution is 0.0697. The molecule has 23 heavy (non-hydrogen) atoms. The third-order valence-electron chi connectivity index (χ3n) is 4.33. The molecule has 2 atom stereocenters. The number of hydrazine groups is 1. The zero-order chi connectivity index (χ0) is 16.6. The van der Waals surface area contributed by atoms with Crippen LogP contribution in [0.3, 0.4) is 0 Å². The maximum atomic E-state index is 12.1. The van der Waals surface area contributed by atoms with Gasteiger partial charge >= 0.3 is 11.7 Å². The van der Waals surface area contributed by atoms with Gasteiger partial charge < -0.3 is 5.11 Å². The van der Waals surface area contributed by atoms with Gasteiger partial charge in [0.25, 0.3) is 0 Å². The SMILES string of the molecule is CC1NNC(C)C1Cc1n[nH]c(=O)n1-c1cccc(C(=O)O)c1. The summed E-state index contributed by atoms with van der Waals surface area (Å²) in [5.74, 6) is -0.172. The number of carbonyl (C=O) groups is 1. The van der Waals surface area contributed by atoms with E-state index in [2.05, 4.69) is 34.9 Å². The first-order valence-corrected chi connectivity index (χ1v) is 7.48. The molecule has 0 amide bonds. The first kappa shape index (κ1) is 15.4. The van der Waals surface area contributed by atoms with Crippen molar-refractivity contribution in [2.24, 2.45) is 5.92 Å². The second-order valence-corrected chi connectivity index (χ2v) is 5.87. The van der Waals surface area contributed by atoms with Crippen LogP contribution in [0.1, 0.15) is 30.0 Å². The molecular weight excluding hydrogens is 298 g/mol. The summed E-state index contributed by atoms with van der Waals surface area (Å²) in [6, 6.07) is 6.77. The monoisotopic (exact) mass is 317 g/mol. The number of aromatic amines is 1. The van der Waals surface area contributed by atoms with E-state index in [-0.39, 0.29) is 29.3 Å². The minimum atomic E-state index is -1.03. The Morgan fingerprint density at radius 1 is 1.30 bits per heavy atom. The molecule has 8 heteroatoms. The zero-order valence-corrected chi connectivity index (χ0v) is 12.9. The molecule has 1 aliphatic heterocycles. The highest BCUT2D eigenvalue weighted by Gasteiger charge is 2.31. The van der Waals surface area contributed by atoms with Gasteiger partial charge in [-0.1, -0.05) is 6.07 Å². The first-order chi connectivity index (χ1) is 11.0. The molecule has 2 unspecified atom stereocenters. The van der Waals surface area contributed by atoms with Crippen LogP contribution in [-0.2, 0) is 6.42 Å². The Hall–Kier alpha value is -2.45. The highest BCUT2D eigenvalue weighted by molar-refractivity contribution is 5.88. The van der Waals surface area contributed by atoms with Crippen molar-refractivity contribution >= 4 is 5.97 Å². The van der Waals surface area contributed by atoms with Crippen LogP contribution in [0.15, 0.2) is 29.1 Å². The Morgan fingerprint density at radius 2 is 2.00 bits per heavy atom. The Morgan fingerprint density at radius 3 is 2.65 bits per heavy atom. The van der Waals surface area contributed by atoms with E-state index >= 15 is 0 Å². The fraction of sp³-hybridized carbons (Fsp3) is 0.400. The third-order valence-corrected chi connectivity index (χ3v) is 4.33. The standard InChI is InChI=1S/C15H19N5O3/c1-8-12(9(2)17-16-8)7-13-18-19-15(23)20(13)11-5-3-4-10(6-11)14(21)22/h3-6,8-9,12,16-17H,7H2,1-2H3,(H,19,23)(H,21,22). The molecule has 1 aromatic carbocycles. The number of benzene rings is 1. The fourth-order valence-corrected chi connectivity index (χ4v) is 2.99. The van der Waals surface area contributed by atoms with Crippen LogP contribution < -0.4 is 16.5 Å². The molecule has 1 fully saturated rings. The number of hydrogen-bond acceptors (Lipinski definition) is 5. The Labute approximate surface area is 132 Å². The lowest BCUT2D eigenvalue weighted by atomic mass is 9.93. The quantitative estimate of drug-likeness (QED) is 0.645. The van der Waals surface area contributed by atoms with Gasteiger partial charge in [-0.25, -0.2) is 19.3 Å². The molecule has 0 bridgehead atoms. The van der Waals surface area contributed by atoms with Crippen LogP contribution in [0.4, 0.5) is 0 Å². The molecule has 2 heterocycles. The third kappa shape index (κ3) is 2.90. The summed E-state index contributed by atoms with van der Waals surface area (Å²) < 4.78 is 1.43. The lowest BCUT2D eigenvalue weighted by Crippen LogP contribution is -2.30. The van der Waals surface area contributed by atoms with Crippen LogP contribution in [0, 0.1) is 5.92 Å². The van der Waals surface area contributed by atoms with Crippen molar-refractivity contribution in [3.05, 3.63) is 46.1 Å². The van der Waals surface area contributed by atoms with Crippen molar-refractivity contribution < 1.29 is 9.90 Å². The van der Waals surface area contributed by atoms with Gasteiger partial charge in [0, 0.05) is 18.5 Å². The van der Waals surface area contributed by atoms with E-state index in [4.69, 9.17) is 5.11 Å². The molecule has 0 aliphatic carbocycles. The second-order valence-electron chi connectivity index (χ2n) is 5.87. The van der Waals surface area contributed by atoms with Crippen LogP contribution in [-0.4, -0.2) is 37.9 Å². The van der Waals surface area contributed by atoms with Crippen molar-refractivity contribution in [3.8, 4) is 5.69 Å². The number of H-pyrrole nitrogens is 1. The molecule has 3 rings (SSSR count). The predicted octanol–water partition coefficient (Wildman–Crippen LogP) is 0.302. The molecule has 1 saturated heterocycles. The summed E-state index contributed by atoms with van der Waals surface area (Å²) in [6.07, 6.45) is 0.596. The van der Waals surface area contributed by atoms with Crippen molar-refractivity contribution in [2.45, 2.75) is 32.4 Å². The average Bonchev–Trinajstić information content (AvgIpc) is 3.04. The number of nitrogens with one attached hydrogen (secondary N) is 3. The number of aromatic nitrogens is 3. The van der Waals surface area contributed by atoms with Gasteiger partial charge in [0.05, 0.1) is 11.3 Å². The van der Waals surface area contributed by atoms with Gasteiger partial charge in [0.2, 0.25) is 0 Å². The number of aromatic carboxylic acids is 1. The highest BCUT2D eigenvalue weighted by Crippen LogP contribution is 2.20. The van der Waals surface area contributed by atoms with Gasteiger partial charge in [-0.3, -0.25) is 10.9 Å². The van der Waals surface area contributed by atoms with E-state index in [1.165, 1.54) is 16.7 Å². The predicted molar refractivity (Wildman–Crippen MR) is 83.5 cm³/mol. The van der Waals surface area contributed by atoms with Crippen LogP contribution in [0.5, 0.6) is 0 Å². The molecule has 2 aromatic rings. The minimum absolute atomic E-state index is 0.132. The molecule has 1 aliphatic rings. The Kier molecular flexibility index (Phi) is 4.01. The fourth-order valence-electron chi connectivity index (χ4n) is 2.99. The smallest absolute Gasteiger partial charge is 0.347 e. The van der Waals surface area contributed by atoms with E-state index in [0.717, 1.165) is 0 Å². The van der Waals surface area contributed by atoms with Gasteiger partial charge in [-0.05, 0) is 38.0 Å². The van der Waals surface area contributed by atoms with Crippen LogP contribution in [0.2, 0.25) is 0 Å². The number of carboxylic acid groups (broad SMARTS) is 1. The van der Waals surface area contributed by atoms with E-state index in [1.54, 1.807) is 12.1 Å². The summed E-state index contributed by atoms with van der Waals surface area (Å²) >= 11 is 0. The summed E-state index contributed by atoms with van der Waals surface area (Å²) in [5, 5.41) is 15.7. The van der Waals surface area contributed by atoms with Gasteiger partial charge in [0.15, 0.2) is 0 Å². The number of rotatable bonds is 4. The van der Waals surface area contributed by atoms with E-state index in [0.29, 0.717) is 17.9 Å². The van der Waals surface area contributed by atoms with Crippen molar-refractivity contribution in [2.75, 3.05) is 0 Å². The number of hydrogen-bond donors (Lipinski definition) is 4. The topological polar surface area (TPSA) is 112 Å². The normalized spacial score (nSPS) is 24.0. The first-order valence-electron chi connectivity index (χ1n) is 7.48. The Balaban J connectivity index is 1.98. The zero-order valence-electron chi connectivity index (χ0n) is 12.9. The average molecular weight is 317 g/mol. The molecule has 0 saturated carbocycles. The maximum absolute atomic E-state index is 12.1. The van der Waals surface area contributed by atoms with Crippen molar-refractivity contribution in [1.29, 1.82) is 0 Å². The lowest BCUT2D eigenvalue weighted by Gasteiger charge is -2.17. The number of nitrogens with zero attached hydrogens (tertiary/aromatic N) is 2. The van der Waals surface area contributed by atoms with Crippen LogP contribution >= 0.6 is 0 Å². The largest absolute Gasteiger partial charge is 0.478 e. The van der Waals surface area contributed by atoms with E-state index < -0.39 is 5.97 Å². The van der Waals surface area contributed by atoms with E-state index in [1.807, 2.05) is 0 Å². The summed E-state index contributed by atoms with van der Waals surface area (Å²) in [4.78, 5) is 23.3.